The number of rotatable bonds is 4. The first kappa shape index (κ1) is 15.2. The maximum atomic E-state index is 12.7. The van der Waals surface area contributed by atoms with Gasteiger partial charge in [-0.3, -0.25) is 0 Å². The van der Waals surface area contributed by atoms with Gasteiger partial charge >= 0.3 is 0 Å². The summed E-state index contributed by atoms with van der Waals surface area (Å²) >= 11 is 0. The molecule has 2 N–H and O–H groups in total. The zero-order chi connectivity index (χ0) is 13.9. The van der Waals surface area contributed by atoms with Crippen molar-refractivity contribution >= 4 is 10.2 Å². The van der Waals surface area contributed by atoms with Gasteiger partial charge in [0.1, 0.15) is 0 Å². The molecule has 6 nitrogen and oxygen atoms in total. The third-order valence-corrected chi connectivity index (χ3v) is 6.27. The fraction of sp³-hybridized carbons (Fsp3) is 1.00. The van der Waals surface area contributed by atoms with Crippen LogP contribution < -0.4 is 5.73 Å². The van der Waals surface area contributed by atoms with Gasteiger partial charge in [-0.05, 0) is 31.7 Å². The van der Waals surface area contributed by atoms with Gasteiger partial charge in [0.25, 0.3) is 10.2 Å². The number of nitrogens with zero attached hydrogens (tertiary/aromatic N) is 2. The van der Waals surface area contributed by atoms with Crippen molar-refractivity contribution in [2.45, 2.75) is 32.2 Å². The Balaban J connectivity index is 2.05. The van der Waals surface area contributed by atoms with Gasteiger partial charge in [-0.25, -0.2) is 0 Å². The molecule has 0 aromatic carbocycles. The van der Waals surface area contributed by atoms with Crippen molar-refractivity contribution in [3.63, 3.8) is 0 Å². The standard InChI is InChI=1S/C12H25N3O3S/c1-2-12-10-18-8-7-15(12)19(16,17)14-5-3-11(9-13)4-6-14/h11-12H,2-10,13H2,1H3. The SMILES string of the molecule is CCC1COCCN1S(=O)(=O)N1CCC(CN)CC1. The predicted octanol–water partition coefficient (Wildman–Crippen LogP) is 0.0127. The van der Waals surface area contributed by atoms with Crippen LogP contribution in [0.1, 0.15) is 26.2 Å². The smallest absolute Gasteiger partial charge is 0.282 e. The van der Waals surface area contributed by atoms with Crippen LogP contribution in [0.3, 0.4) is 0 Å². The van der Waals surface area contributed by atoms with E-state index in [0.29, 0.717) is 45.3 Å². The highest BCUT2D eigenvalue weighted by Crippen LogP contribution is 2.23. The zero-order valence-corrected chi connectivity index (χ0v) is 12.4. The molecule has 0 aromatic heterocycles. The van der Waals surface area contributed by atoms with E-state index >= 15 is 0 Å². The zero-order valence-electron chi connectivity index (χ0n) is 11.6. The first-order chi connectivity index (χ1) is 9.09. The Morgan fingerprint density at radius 2 is 1.95 bits per heavy atom. The average molecular weight is 291 g/mol. The van der Waals surface area contributed by atoms with E-state index in [1.807, 2.05) is 6.92 Å². The molecule has 112 valence electrons. The second-order valence-electron chi connectivity index (χ2n) is 5.33. The second-order valence-corrected chi connectivity index (χ2v) is 7.21. The van der Waals surface area contributed by atoms with Gasteiger partial charge in [-0.1, -0.05) is 6.92 Å². The molecule has 1 unspecified atom stereocenters. The Hall–Kier alpha value is -0.210. The van der Waals surface area contributed by atoms with Crippen LogP contribution in [0.2, 0.25) is 0 Å². The maximum absolute atomic E-state index is 12.7. The number of hydrogen-bond acceptors (Lipinski definition) is 4. The fourth-order valence-corrected chi connectivity index (χ4v) is 4.65. The molecule has 0 amide bonds. The summed E-state index contributed by atoms with van der Waals surface area (Å²) in [7, 11) is -3.33. The molecule has 2 fully saturated rings. The molecular formula is C12H25N3O3S. The molecule has 2 rings (SSSR count). The van der Waals surface area contributed by atoms with Crippen LogP contribution in [0.5, 0.6) is 0 Å². The summed E-state index contributed by atoms with van der Waals surface area (Å²) in [5.41, 5.74) is 5.65. The van der Waals surface area contributed by atoms with E-state index in [-0.39, 0.29) is 6.04 Å². The van der Waals surface area contributed by atoms with Crippen LogP contribution in [-0.2, 0) is 14.9 Å². The molecule has 2 aliphatic rings. The lowest BCUT2D eigenvalue weighted by Gasteiger charge is -2.39. The van der Waals surface area contributed by atoms with Crippen molar-refractivity contribution in [3.05, 3.63) is 0 Å². The molecule has 0 saturated carbocycles. The van der Waals surface area contributed by atoms with E-state index in [4.69, 9.17) is 10.5 Å². The highest BCUT2D eigenvalue weighted by atomic mass is 32.2. The minimum Gasteiger partial charge on any atom is -0.378 e. The lowest BCUT2D eigenvalue weighted by Crippen LogP contribution is -2.55. The lowest BCUT2D eigenvalue weighted by molar-refractivity contribution is 0.0279. The quantitative estimate of drug-likeness (QED) is 0.792. The second kappa shape index (κ2) is 6.49. The van der Waals surface area contributed by atoms with Crippen LogP contribution in [0.25, 0.3) is 0 Å². The van der Waals surface area contributed by atoms with Gasteiger partial charge in [0, 0.05) is 25.7 Å². The van der Waals surface area contributed by atoms with Gasteiger partial charge in [0.05, 0.1) is 13.2 Å². The van der Waals surface area contributed by atoms with E-state index in [9.17, 15) is 8.42 Å². The molecule has 2 heterocycles. The van der Waals surface area contributed by atoms with Crippen molar-refractivity contribution in [1.29, 1.82) is 0 Å². The third kappa shape index (κ3) is 3.28. The summed E-state index contributed by atoms with van der Waals surface area (Å²) in [5.74, 6) is 0.470. The predicted molar refractivity (Wildman–Crippen MR) is 73.9 cm³/mol. The topological polar surface area (TPSA) is 75.9 Å². The lowest BCUT2D eigenvalue weighted by atomic mass is 9.99. The molecule has 0 aromatic rings. The van der Waals surface area contributed by atoms with Gasteiger partial charge < -0.3 is 10.5 Å². The number of morpholine rings is 1. The van der Waals surface area contributed by atoms with Crippen molar-refractivity contribution in [1.82, 2.24) is 8.61 Å². The Morgan fingerprint density at radius 3 is 2.53 bits per heavy atom. The summed E-state index contributed by atoms with van der Waals surface area (Å²) < 4.78 is 34.0. The minimum atomic E-state index is -3.33. The third-order valence-electron chi connectivity index (χ3n) is 4.17. The highest BCUT2D eigenvalue weighted by Gasteiger charge is 2.37. The Labute approximate surface area is 116 Å². The molecule has 0 radical (unpaired) electrons. The summed E-state index contributed by atoms with van der Waals surface area (Å²) in [4.78, 5) is 0. The first-order valence-corrected chi connectivity index (χ1v) is 8.54. The number of piperidine rings is 1. The van der Waals surface area contributed by atoms with Crippen LogP contribution in [0.4, 0.5) is 0 Å². The molecule has 1 atom stereocenters. The molecule has 2 aliphatic heterocycles. The van der Waals surface area contributed by atoms with Crippen LogP contribution in [0.15, 0.2) is 0 Å². The molecule has 19 heavy (non-hydrogen) atoms. The van der Waals surface area contributed by atoms with Gasteiger partial charge in [-0.15, -0.1) is 0 Å². The molecular weight excluding hydrogens is 266 g/mol. The maximum Gasteiger partial charge on any atom is 0.282 e. The van der Waals surface area contributed by atoms with E-state index < -0.39 is 10.2 Å². The van der Waals surface area contributed by atoms with Crippen LogP contribution in [0, 0.1) is 5.92 Å². The number of nitrogens with two attached hydrogens (primary N) is 1. The largest absolute Gasteiger partial charge is 0.378 e. The molecule has 0 aliphatic carbocycles. The van der Waals surface area contributed by atoms with E-state index in [2.05, 4.69) is 0 Å². The fourth-order valence-electron chi connectivity index (χ4n) is 2.79. The Morgan fingerprint density at radius 1 is 1.26 bits per heavy atom. The van der Waals surface area contributed by atoms with E-state index in [0.717, 1.165) is 19.3 Å². The minimum absolute atomic E-state index is 0.0222. The van der Waals surface area contributed by atoms with Gasteiger partial charge in [0.2, 0.25) is 0 Å². The van der Waals surface area contributed by atoms with Crippen LogP contribution >= 0.6 is 0 Å². The number of ether oxygens (including phenoxy) is 1. The van der Waals surface area contributed by atoms with Gasteiger partial charge in [-0.2, -0.15) is 17.0 Å². The summed E-state index contributed by atoms with van der Waals surface area (Å²) in [5, 5.41) is 0. The molecule has 0 spiro atoms. The van der Waals surface area contributed by atoms with Crippen molar-refractivity contribution in [2.75, 3.05) is 39.4 Å². The van der Waals surface area contributed by atoms with E-state index in [1.54, 1.807) is 8.61 Å². The van der Waals surface area contributed by atoms with Gasteiger partial charge in [0.15, 0.2) is 0 Å². The summed E-state index contributed by atoms with van der Waals surface area (Å²) in [6.07, 6.45) is 2.53. The Kier molecular flexibility index (Phi) is 5.19. The van der Waals surface area contributed by atoms with Crippen molar-refractivity contribution < 1.29 is 13.2 Å². The molecule has 0 bridgehead atoms. The summed E-state index contributed by atoms with van der Waals surface area (Å²) in [6, 6.07) is -0.0222. The molecule has 2 saturated heterocycles. The van der Waals surface area contributed by atoms with Crippen molar-refractivity contribution in [2.24, 2.45) is 11.7 Å². The highest BCUT2D eigenvalue weighted by molar-refractivity contribution is 7.86. The summed E-state index contributed by atoms with van der Waals surface area (Å²) in [6.45, 7) is 5.32. The monoisotopic (exact) mass is 291 g/mol. The Bertz CT molecular complexity index is 380. The number of hydrogen-bond donors (Lipinski definition) is 1. The van der Waals surface area contributed by atoms with Crippen molar-refractivity contribution in [3.8, 4) is 0 Å². The average Bonchev–Trinajstić information content (AvgIpc) is 2.47. The van der Waals surface area contributed by atoms with E-state index in [1.165, 1.54) is 0 Å². The molecule has 7 heteroatoms. The van der Waals surface area contributed by atoms with Crippen LogP contribution in [-0.4, -0.2) is 62.5 Å². The first-order valence-electron chi connectivity index (χ1n) is 7.14. The normalized spacial score (nSPS) is 28.6.